The maximum atomic E-state index is 12.4. The predicted molar refractivity (Wildman–Crippen MR) is 88.0 cm³/mol. The minimum Gasteiger partial charge on any atom is -1.00 e. The highest BCUT2D eigenvalue weighted by Gasteiger charge is 2.25. The fraction of sp³-hybridized carbons (Fsp3) is 0.562. The van der Waals surface area contributed by atoms with Crippen molar-refractivity contribution in [3.05, 3.63) is 33.4 Å². The van der Waals surface area contributed by atoms with E-state index in [0.29, 0.717) is 23.4 Å². The van der Waals surface area contributed by atoms with Gasteiger partial charge in [0.1, 0.15) is 0 Å². The van der Waals surface area contributed by atoms with Gasteiger partial charge in [-0.2, -0.15) is 0 Å². The summed E-state index contributed by atoms with van der Waals surface area (Å²) < 4.78 is 0.733. The molecule has 0 spiro atoms. The van der Waals surface area contributed by atoms with E-state index in [1.54, 1.807) is 13.8 Å². The molecule has 0 unspecified atom stereocenters. The first kappa shape index (κ1) is 21.8. The summed E-state index contributed by atoms with van der Waals surface area (Å²) in [5, 5.41) is 13.8. The monoisotopic (exact) mass is 435 g/mol. The average Bonchev–Trinajstić information content (AvgIpc) is 2.48. The van der Waals surface area contributed by atoms with Crippen LogP contribution < -0.4 is 29.3 Å². The quantitative estimate of drug-likeness (QED) is 0.285. The zero-order valence-electron chi connectivity index (χ0n) is 14.5. The van der Waals surface area contributed by atoms with Gasteiger partial charge in [0.05, 0.1) is 24.6 Å². The van der Waals surface area contributed by atoms with E-state index in [1.807, 2.05) is 0 Å². The third-order valence-electron chi connectivity index (χ3n) is 4.48. The Bertz CT molecular complexity index is 540. The molecule has 0 saturated carbocycles. The van der Waals surface area contributed by atoms with Crippen molar-refractivity contribution in [3.8, 4) is 0 Å². The minimum absolute atomic E-state index is 0. The molecule has 7 heteroatoms. The molecule has 1 aromatic carbocycles. The van der Waals surface area contributed by atoms with Crippen LogP contribution in [0.1, 0.15) is 31.9 Å². The molecule has 1 rings (SSSR count). The highest BCUT2D eigenvalue weighted by molar-refractivity contribution is 5.93. The second kappa shape index (κ2) is 9.17. The van der Waals surface area contributed by atoms with Crippen LogP contribution in [0.5, 0.6) is 0 Å². The molecular formula is C16H26IN3O3. The molecule has 0 atom stereocenters. The summed E-state index contributed by atoms with van der Waals surface area (Å²) in [5.41, 5.74) is 2.15. The Morgan fingerprint density at radius 1 is 1.13 bits per heavy atom. The van der Waals surface area contributed by atoms with Crippen LogP contribution in [0.3, 0.4) is 0 Å². The number of quaternary nitrogens is 1. The molecule has 1 N–H and O–H groups in total. The number of non-ortho nitro benzene ring substituents is 1. The summed E-state index contributed by atoms with van der Waals surface area (Å²) in [6.07, 6.45) is 0. The van der Waals surface area contributed by atoms with Gasteiger partial charge in [0.15, 0.2) is 6.54 Å². The van der Waals surface area contributed by atoms with Crippen LogP contribution in [-0.4, -0.2) is 41.5 Å². The Balaban J connectivity index is 0.00000484. The van der Waals surface area contributed by atoms with Gasteiger partial charge in [-0.05, 0) is 45.7 Å². The van der Waals surface area contributed by atoms with Crippen molar-refractivity contribution in [3.63, 3.8) is 0 Å². The van der Waals surface area contributed by atoms with Gasteiger partial charge >= 0.3 is 0 Å². The van der Waals surface area contributed by atoms with Gasteiger partial charge in [-0.15, -0.1) is 0 Å². The normalized spacial score (nSPS) is 10.8. The Morgan fingerprint density at radius 2 is 1.57 bits per heavy atom. The number of nitro benzene ring substituents is 1. The summed E-state index contributed by atoms with van der Waals surface area (Å²) >= 11 is 0. The lowest BCUT2D eigenvalue weighted by Gasteiger charge is -2.35. The number of hydrogen-bond donors (Lipinski definition) is 1. The number of anilines is 1. The Labute approximate surface area is 155 Å². The number of carbonyl (C=O) groups is 1. The van der Waals surface area contributed by atoms with E-state index < -0.39 is 4.92 Å². The molecular weight excluding hydrogens is 409 g/mol. The second-order valence-electron chi connectivity index (χ2n) is 5.71. The van der Waals surface area contributed by atoms with Crippen molar-refractivity contribution in [2.45, 2.75) is 34.6 Å². The van der Waals surface area contributed by atoms with E-state index in [0.717, 1.165) is 24.1 Å². The first-order chi connectivity index (χ1) is 10.3. The van der Waals surface area contributed by atoms with Crippen molar-refractivity contribution < 1.29 is 38.2 Å². The van der Waals surface area contributed by atoms with Crippen molar-refractivity contribution in [1.29, 1.82) is 0 Å². The third kappa shape index (κ3) is 5.42. The topological polar surface area (TPSA) is 72.2 Å². The molecule has 0 radical (unpaired) electrons. The number of nitrogens with one attached hydrogen (secondary N) is 1. The number of hydrogen-bond acceptors (Lipinski definition) is 3. The molecule has 6 nitrogen and oxygen atoms in total. The third-order valence-corrected chi connectivity index (χ3v) is 4.48. The maximum Gasteiger partial charge on any atom is 0.279 e. The van der Waals surface area contributed by atoms with Crippen LogP contribution in [0.25, 0.3) is 0 Å². The van der Waals surface area contributed by atoms with Crippen molar-refractivity contribution in [1.82, 2.24) is 0 Å². The lowest BCUT2D eigenvalue weighted by molar-refractivity contribution is -0.915. The Morgan fingerprint density at radius 3 is 1.91 bits per heavy atom. The molecule has 1 amide bonds. The molecule has 23 heavy (non-hydrogen) atoms. The number of rotatable bonds is 7. The number of nitro groups is 1. The van der Waals surface area contributed by atoms with Crippen LogP contribution in [0, 0.1) is 24.0 Å². The lowest BCUT2D eigenvalue weighted by atomic mass is 10.1. The van der Waals surface area contributed by atoms with E-state index in [2.05, 4.69) is 26.1 Å². The molecule has 0 aliphatic carbocycles. The van der Waals surface area contributed by atoms with Crippen LogP contribution >= 0.6 is 0 Å². The highest BCUT2D eigenvalue weighted by Crippen LogP contribution is 2.26. The van der Waals surface area contributed by atoms with Gasteiger partial charge in [0.2, 0.25) is 0 Å². The van der Waals surface area contributed by atoms with E-state index in [-0.39, 0.29) is 35.6 Å². The molecule has 0 bridgehead atoms. The Hall–Kier alpha value is -1.22. The summed E-state index contributed by atoms with van der Waals surface area (Å²) in [6, 6.07) is 2.98. The fourth-order valence-electron chi connectivity index (χ4n) is 2.73. The summed E-state index contributed by atoms with van der Waals surface area (Å²) in [5.74, 6) is -0.0504. The van der Waals surface area contributed by atoms with Crippen LogP contribution in [0.4, 0.5) is 11.4 Å². The molecule has 0 heterocycles. The van der Waals surface area contributed by atoms with Gasteiger partial charge in [0.25, 0.3) is 11.6 Å². The molecule has 130 valence electrons. The van der Waals surface area contributed by atoms with Crippen LogP contribution in [-0.2, 0) is 4.79 Å². The zero-order valence-corrected chi connectivity index (χ0v) is 16.6. The number of halogens is 1. The van der Waals surface area contributed by atoms with Crippen molar-refractivity contribution in [2.75, 3.05) is 31.5 Å². The number of aryl methyl sites for hydroxylation is 2. The van der Waals surface area contributed by atoms with Gasteiger partial charge < -0.3 is 33.8 Å². The smallest absolute Gasteiger partial charge is 0.279 e. The zero-order chi connectivity index (χ0) is 16.9. The van der Waals surface area contributed by atoms with Gasteiger partial charge in [-0.25, -0.2) is 0 Å². The number of benzene rings is 1. The van der Waals surface area contributed by atoms with Gasteiger partial charge in [-0.1, -0.05) is 0 Å². The summed E-state index contributed by atoms with van der Waals surface area (Å²) in [6.45, 7) is 12.9. The molecule has 0 aromatic heterocycles. The van der Waals surface area contributed by atoms with Crippen LogP contribution in [0.15, 0.2) is 12.1 Å². The first-order valence-electron chi connectivity index (χ1n) is 7.69. The number of likely N-dealkylation sites (N-methyl/N-ethyl adjacent to an activating group) is 1. The highest BCUT2D eigenvalue weighted by atomic mass is 127. The van der Waals surface area contributed by atoms with E-state index in [9.17, 15) is 14.9 Å². The van der Waals surface area contributed by atoms with E-state index in [1.165, 1.54) is 12.1 Å². The number of nitrogens with zero attached hydrogens (tertiary/aromatic N) is 2. The standard InChI is InChI=1S/C16H25N3O3.HI/c1-6-19(7-2,8-3)11-15(20)17-16-12(4)9-14(18(21)22)10-13(16)5;/h9-10H,6-8,11H2,1-5H3;1H. The minimum atomic E-state index is -0.418. The molecule has 0 aliphatic heterocycles. The lowest BCUT2D eigenvalue weighted by Crippen LogP contribution is -3.00. The predicted octanol–water partition coefficient (Wildman–Crippen LogP) is 0.0306. The van der Waals surface area contributed by atoms with E-state index >= 15 is 0 Å². The number of carbonyl (C=O) groups excluding carboxylic acids is 1. The summed E-state index contributed by atoms with van der Waals surface area (Å²) in [7, 11) is 0. The fourth-order valence-corrected chi connectivity index (χ4v) is 2.73. The Kier molecular flexibility index (Phi) is 8.68. The molecule has 0 fully saturated rings. The SMILES string of the molecule is CC[N+](CC)(CC)CC(=O)Nc1c(C)cc([N+](=O)[O-])cc1C.[I-]. The molecule has 0 saturated heterocycles. The van der Waals surface area contributed by atoms with Crippen molar-refractivity contribution in [2.24, 2.45) is 0 Å². The summed E-state index contributed by atoms with van der Waals surface area (Å²) in [4.78, 5) is 22.8. The van der Waals surface area contributed by atoms with E-state index in [4.69, 9.17) is 0 Å². The maximum absolute atomic E-state index is 12.4. The van der Waals surface area contributed by atoms with Crippen LogP contribution in [0.2, 0.25) is 0 Å². The first-order valence-corrected chi connectivity index (χ1v) is 7.69. The molecule has 0 aliphatic rings. The van der Waals surface area contributed by atoms with Gasteiger partial charge in [0, 0.05) is 17.8 Å². The number of amides is 1. The second-order valence-corrected chi connectivity index (χ2v) is 5.71. The van der Waals surface area contributed by atoms with Gasteiger partial charge in [-0.3, -0.25) is 14.9 Å². The largest absolute Gasteiger partial charge is 1.00 e. The average molecular weight is 435 g/mol. The molecule has 1 aromatic rings. The van der Waals surface area contributed by atoms with Crippen molar-refractivity contribution >= 4 is 17.3 Å².